The van der Waals surface area contributed by atoms with Crippen LogP contribution in [0.1, 0.15) is 32.3 Å². The van der Waals surface area contributed by atoms with Gasteiger partial charge >= 0.3 is 5.69 Å². The summed E-state index contributed by atoms with van der Waals surface area (Å²) in [5.74, 6) is 0. The summed E-state index contributed by atoms with van der Waals surface area (Å²) >= 11 is 0. The third kappa shape index (κ3) is 4.57. The van der Waals surface area contributed by atoms with E-state index < -0.39 is 0 Å². The van der Waals surface area contributed by atoms with Crippen LogP contribution in [0, 0.1) is 6.92 Å². The molecule has 0 fully saturated rings. The maximum atomic E-state index is 11.4. The summed E-state index contributed by atoms with van der Waals surface area (Å²) in [6, 6.07) is 0.531. The molecule has 4 heteroatoms. The molecule has 0 atom stereocenters. The molecule has 0 aliphatic rings. The Morgan fingerprint density at radius 3 is 2.88 bits per heavy atom. The molecule has 0 saturated carbocycles. The number of hydrogen-bond donors (Lipinski definition) is 1. The second-order valence-corrected chi connectivity index (χ2v) is 4.42. The van der Waals surface area contributed by atoms with Crippen molar-refractivity contribution in [3.8, 4) is 0 Å². The Labute approximate surface area is 96.7 Å². The van der Waals surface area contributed by atoms with Crippen LogP contribution >= 0.6 is 0 Å². The Hall–Kier alpha value is -1.16. The Kier molecular flexibility index (Phi) is 5.19. The highest BCUT2D eigenvalue weighted by Gasteiger charge is 1.97. The first-order valence-corrected chi connectivity index (χ1v) is 5.86. The fourth-order valence-corrected chi connectivity index (χ4v) is 1.52. The maximum Gasteiger partial charge on any atom is 0.347 e. The highest BCUT2D eigenvalue weighted by molar-refractivity contribution is 4.99. The lowest BCUT2D eigenvalue weighted by atomic mass is 10.3. The molecule has 0 aromatic carbocycles. The van der Waals surface area contributed by atoms with Gasteiger partial charge in [-0.2, -0.15) is 0 Å². The number of nitrogens with zero attached hydrogens (tertiary/aromatic N) is 2. The van der Waals surface area contributed by atoms with Gasteiger partial charge in [0.1, 0.15) is 0 Å². The summed E-state index contributed by atoms with van der Waals surface area (Å²) in [5.41, 5.74) is 0.877. The van der Waals surface area contributed by atoms with Gasteiger partial charge in [0.25, 0.3) is 0 Å². The third-order valence-corrected chi connectivity index (χ3v) is 2.36. The molecule has 1 heterocycles. The van der Waals surface area contributed by atoms with Crippen molar-refractivity contribution in [2.75, 3.05) is 6.54 Å². The second kappa shape index (κ2) is 6.43. The minimum Gasteiger partial charge on any atom is -0.315 e. The average molecular weight is 223 g/mol. The van der Waals surface area contributed by atoms with Crippen molar-refractivity contribution in [3.63, 3.8) is 0 Å². The van der Waals surface area contributed by atoms with Gasteiger partial charge in [-0.15, -0.1) is 0 Å². The number of aromatic nitrogens is 2. The molecule has 0 aliphatic carbocycles. The second-order valence-electron chi connectivity index (χ2n) is 4.42. The molecule has 1 rings (SSSR count). The maximum absolute atomic E-state index is 11.4. The SMILES string of the molecule is Cc1cnc(=O)n(CCCCNC(C)C)c1. The van der Waals surface area contributed by atoms with Gasteiger partial charge in [-0.25, -0.2) is 9.78 Å². The molecular weight excluding hydrogens is 202 g/mol. The fourth-order valence-electron chi connectivity index (χ4n) is 1.52. The first kappa shape index (κ1) is 12.9. The van der Waals surface area contributed by atoms with Crippen LogP contribution in [-0.2, 0) is 6.54 Å². The molecule has 4 nitrogen and oxygen atoms in total. The zero-order valence-electron chi connectivity index (χ0n) is 10.4. The Balaban J connectivity index is 2.32. The normalized spacial score (nSPS) is 11.0. The van der Waals surface area contributed by atoms with Crippen LogP contribution in [0.2, 0.25) is 0 Å². The standard InChI is InChI=1S/C12H21N3O/c1-10(2)13-6-4-5-7-15-9-11(3)8-14-12(15)16/h8-10,13H,4-7H2,1-3H3. The van der Waals surface area contributed by atoms with E-state index in [4.69, 9.17) is 0 Å². The summed E-state index contributed by atoms with van der Waals surface area (Å²) in [5, 5.41) is 3.35. The van der Waals surface area contributed by atoms with Crippen LogP contribution in [0.4, 0.5) is 0 Å². The number of nitrogens with one attached hydrogen (secondary N) is 1. The van der Waals surface area contributed by atoms with Crippen molar-refractivity contribution in [2.45, 2.75) is 46.2 Å². The number of unbranched alkanes of at least 4 members (excludes halogenated alkanes) is 1. The van der Waals surface area contributed by atoms with E-state index in [2.05, 4.69) is 24.1 Å². The van der Waals surface area contributed by atoms with E-state index in [1.54, 1.807) is 10.8 Å². The minimum absolute atomic E-state index is 0.151. The Bertz CT molecular complexity index is 371. The van der Waals surface area contributed by atoms with Crippen LogP contribution < -0.4 is 11.0 Å². The fraction of sp³-hybridized carbons (Fsp3) is 0.667. The molecule has 90 valence electrons. The highest BCUT2D eigenvalue weighted by Crippen LogP contribution is 1.95. The molecule has 16 heavy (non-hydrogen) atoms. The van der Waals surface area contributed by atoms with Crippen LogP contribution in [0.3, 0.4) is 0 Å². The predicted octanol–water partition coefficient (Wildman–Crippen LogP) is 1.33. The van der Waals surface area contributed by atoms with Gasteiger partial charge in [0.15, 0.2) is 0 Å². The van der Waals surface area contributed by atoms with E-state index in [0.29, 0.717) is 6.04 Å². The molecule has 0 radical (unpaired) electrons. The van der Waals surface area contributed by atoms with Crippen molar-refractivity contribution >= 4 is 0 Å². The third-order valence-electron chi connectivity index (χ3n) is 2.36. The number of rotatable bonds is 6. The van der Waals surface area contributed by atoms with Gasteiger partial charge in [-0.1, -0.05) is 13.8 Å². The lowest BCUT2D eigenvalue weighted by Crippen LogP contribution is -2.25. The van der Waals surface area contributed by atoms with Crippen LogP contribution in [0.15, 0.2) is 17.2 Å². The zero-order chi connectivity index (χ0) is 12.0. The molecule has 1 aromatic rings. The van der Waals surface area contributed by atoms with Crippen molar-refractivity contribution in [2.24, 2.45) is 0 Å². The van der Waals surface area contributed by atoms with Gasteiger partial charge in [-0.3, -0.25) is 4.57 Å². The highest BCUT2D eigenvalue weighted by atomic mass is 16.1. The van der Waals surface area contributed by atoms with Crippen molar-refractivity contribution < 1.29 is 0 Å². The number of aryl methyl sites for hydroxylation is 2. The van der Waals surface area contributed by atoms with E-state index in [-0.39, 0.29) is 5.69 Å². The minimum atomic E-state index is -0.151. The lowest BCUT2D eigenvalue weighted by molar-refractivity contribution is 0.522. The summed E-state index contributed by atoms with van der Waals surface area (Å²) in [6.07, 6.45) is 5.56. The molecule has 0 spiro atoms. The predicted molar refractivity (Wildman–Crippen MR) is 65.6 cm³/mol. The van der Waals surface area contributed by atoms with Gasteiger partial charge in [0.2, 0.25) is 0 Å². The largest absolute Gasteiger partial charge is 0.347 e. The van der Waals surface area contributed by atoms with Crippen LogP contribution in [-0.4, -0.2) is 22.1 Å². The molecule has 0 saturated heterocycles. The van der Waals surface area contributed by atoms with E-state index in [1.807, 2.05) is 13.1 Å². The van der Waals surface area contributed by atoms with Crippen molar-refractivity contribution in [1.29, 1.82) is 0 Å². The summed E-state index contributed by atoms with van der Waals surface area (Å²) in [6.45, 7) is 7.98. The molecule has 1 N–H and O–H groups in total. The quantitative estimate of drug-likeness (QED) is 0.740. The summed E-state index contributed by atoms with van der Waals surface area (Å²) < 4.78 is 1.69. The van der Waals surface area contributed by atoms with Gasteiger partial charge < -0.3 is 5.32 Å². The summed E-state index contributed by atoms with van der Waals surface area (Å²) in [7, 11) is 0. The zero-order valence-corrected chi connectivity index (χ0v) is 10.4. The lowest BCUT2D eigenvalue weighted by Gasteiger charge is -2.08. The molecule has 0 unspecified atom stereocenters. The van der Waals surface area contributed by atoms with Crippen molar-refractivity contribution in [3.05, 3.63) is 28.4 Å². The molecule has 0 bridgehead atoms. The smallest absolute Gasteiger partial charge is 0.315 e. The topological polar surface area (TPSA) is 46.9 Å². The molecule has 0 aliphatic heterocycles. The first-order chi connectivity index (χ1) is 7.59. The van der Waals surface area contributed by atoms with Gasteiger partial charge in [-0.05, 0) is 31.9 Å². The summed E-state index contributed by atoms with van der Waals surface area (Å²) in [4.78, 5) is 15.2. The van der Waals surface area contributed by atoms with E-state index >= 15 is 0 Å². The van der Waals surface area contributed by atoms with E-state index in [9.17, 15) is 4.79 Å². The monoisotopic (exact) mass is 223 g/mol. The molecule has 0 amide bonds. The Morgan fingerprint density at radius 2 is 2.19 bits per heavy atom. The molecule has 1 aromatic heterocycles. The first-order valence-electron chi connectivity index (χ1n) is 5.86. The van der Waals surface area contributed by atoms with E-state index in [0.717, 1.165) is 31.5 Å². The number of hydrogen-bond acceptors (Lipinski definition) is 3. The Morgan fingerprint density at radius 1 is 1.44 bits per heavy atom. The average Bonchev–Trinajstić information content (AvgIpc) is 2.22. The van der Waals surface area contributed by atoms with Crippen molar-refractivity contribution in [1.82, 2.24) is 14.9 Å². The van der Waals surface area contributed by atoms with Gasteiger partial charge in [0, 0.05) is 25.0 Å². The van der Waals surface area contributed by atoms with Crippen LogP contribution in [0.25, 0.3) is 0 Å². The van der Waals surface area contributed by atoms with Crippen LogP contribution in [0.5, 0.6) is 0 Å². The van der Waals surface area contributed by atoms with E-state index in [1.165, 1.54) is 0 Å². The van der Waals surface area contributed by atoms with Gasteiger partial charge in [0.05, 0.1) is 0 Å². The molecular formula is C12H21N3O.